The molecule has 2 aromatic heterocycles. The van der Waals surface area contributed by atoms with E-state index in [0.29, 0.717) is 11.7 Å². The molecule has 3 rings (SSSR count). The Labute approximate surface area is 146 Å². The number of nitrogens with zero attached hydrogens (tertiary/aromatic N) is 5. The number of hydrogen-bond acceptors (Lipinski definition) is 7. The minimum atomic E-state index is -0.398. The van der Waals surface area contributed by atoms with Gasteiger partial charge in [-0.2, -0.15) is 4.98 Å². The zero-order chi connectivity index (χ0) is 18.0. The van der Waals surface area contributed by atoms with Gasteiger partial charge < -0.3 is 15.6 Å². The molecule has 1 amide bonds. The van der Waals surface area contributed by atoms with E-state index in [1.807, 2.05) is 13.8 Å². The van der Waals surface area contributed by atoms with Crippen molar-refractivity contribution in [3.05, 3.63) is 23.6 Å². The van der Waals surface area contributed by atoms with Crippen LogP contribution in [0.15, 0.2) is 10.7 Å². The highest BCUT2D eigenvalue weighted by molar-refractivity contribution is 5.92. The van der Waals surface area contributed by atoms with Crippen LogP contribution in [0.5, 0.6) is 0 Å². The number of rotatable bonds is 5. The zero-order valence-electron chi connectivity index (χ0n) is 14.8. The Morgan fingerprint density at radius 1 is 1.32 bits per heavy atom. The van der Waals surface area contributed by atoms with Gasteiger partial charge in [-0.1, -0.05) is 24.2 Å². The fraction of sp³-hybridized carbons (Fsp3) is 0.688. The molecular formula is C16H25N7O2. The van der Waals surface area contributed by atoms with Crippen LogP contribution in [0.3, 0.4) is 0 Å². The summed E-state index contributed by atoms with van der Waals surface area (Å²) < 4.78 is 6.98. The normalized spacial score (nSPS) is 22.1. The van der Waals surface area contributed by atoms with Crippen molar-refractivity contribution in [2.75, 3.05) is 0 Å². The standard InChI is InChI=1S/C16H25N7O2/c1-9(2)14-19-16(25-21-14)10(3)18-15(24)13-8-23(22-20-13)12-6-4-11(17)5-7-12/h8-12H,4-7,17H2,1-3H3,(H,18,24). The third kappa shape index (κ3) is 4.04. The number of nitrogens with two attached hydrogens (primary N) is 1. The van der Waals surface area contributed by atoms with Gasteiger partial charge in [-0.3, -0.25) is 4.79 Å². The van der Waals surface area contributed by atoms with E-state index in [-0.39, 0.29) is 29.6 Å². The minimum Gasteiger partial charge on any atom is -0.339 e. The molecule has 0 saturated heterocycles. The van der Waals surface area contributed by atoms with Gasteiger partial charge in [-0.15, -0.1) is 5.10 Å². The monoisotopic (exact) mass is 347 g/mol. The molecule has 2 heterocycles. The molecule has 1 aliphatic rings. The number of hydrogen-bond donors (Lipinski definition) is 2. The Hall–Kier alpha value is -2.29. The summed E-state index contributed by atoms with van der Waals surface area (Å²) >= 11 is 0. The van der Waals surface area contributed by atoms with E-state index in [4.69, 9.17) is 10.3 Å². The SMILES string of the molecule is CC(C)c1noc(C(C)NC(=O)c2cn(C3CCC(N)CC3)nn2)n1. The molecule has 1 fully saturated rings. The third-order valence-electron chi connectivity index (χ3n) is 4.55. The summed E-state index contributed by atoms with van der Waals surface area (Å²) in [6.45, 7) is 5.76. The first-order chi connectivity index (χ1) is 11.9. The summed E-state index contributed by atoms with van der Waals surface area (Å²) in [5, 5.41) is 14.8. The maximum Gasteiger partial charge on any atom is 0.274 e. The second kappa shape index (κ2) is 7.30. The lowest BCUT2D eigenvalue weighted by Crippen LogP contribution is -2.28. The molecule has 0 radical (unpaired) electrons. The Kier molecular flexibility index (Phi) is 5.12. The maximum absolute atomic E-state index is 12.4. The minimum absolute atomic E-state index is 0.170. The Bertz CT molecular complexity index is 716. The highest BCUT2D eigenvalue weighted by Gasteiger charge is 2.24. The van der Waals surface area contributed by atoms with E-state index in [1.165, 1.54) is 0 Å². The van der Waals surface area contributed by atoms with Crippen molar-refractivity contribution in [1.82, 2.24) is 30.5 Å². The fourth-order valence-corrected chi connectivity index (χ4v) is 2.92. The molecule has 0 aromatic carbocycles. The number of carbonyl (C=O) groups is 1. The highest BCUT2D eigenvalue weighted by Crippen LogP contribution is 2.26. The second-order valence-corrected chi connectivity index (χ2v) is 6.99. The largest absolute Gasteiger partial charge is 0.339 e. The van der Waals surface area contributed by atoms with E-state index >= 15 is 0 Å². The number of carbonyl (C=O) groups excluding carboxylic acids is 1. The molecule has 1 aliphatic carbocycles. The number of amides is 1. The van der Waals surface area contributed by atoms with Crippen LogP contribution < -0.4 is 11.1 Å². The Morgan fingerprint density at radius 2 is 2.04 bits per heavy atom. The lowest BCUT2D eigenvalue weighted by molar-refractivity contribution is 0.0927. The molecule has 0 aliphatic heterocycles. The lowest BCUT2D eigenvalue weighted by atomic mass is 9.92. The van der Waals surface area contributed by atoms with Crippen LogP contribution in [0.2, 0.25) is 0 Å². The van der Waals surface area contributed by atoms with Crippen molar-refractivity contribution < 1.29 is 9.32 Å². The zero-order valence-corrected chi connectivity index (χ0v) is 14.8. The molecule has 0 bridgehead atoms. The topological polar surface area (TPSA) is 125 Å². The number of nitrogens with one attached hydrogen (secondary N) is 1. The van der Waals surface area contributed by atoms with E-state index in [1.54, 1.807) is 17.8 Å². The lowest BCUT2D eigenvalue weighted by Gasteiger charge is -2.25. The maximum atomic E-state index is 12.4. The summed E-state index contributed by atoms with van der Waals surface area (Å²) in [6, 6.07) is 0.134. The van der Waals surface area contributed by atoms with Gasteiger partial charge in [0.2, 0.25) is 5.89 Å². The smallest absolute Gasteiger partial charge is 0.274 e. The molecule has 2 aromatic rings. The first-order valence-electron chi connectivity index (χ1n) is 8.75. The Morgan fingerprint density at radius 3 is 2.68 bits per heavy atom. The molecular weight excluding hydrogens is 322 g/mol. The predicted octanol–water partition coefficient (Wildman–Crippen LogP) is 1.72. The van der Waals surface area contributed by atoms with Crippen molar-refractivity contribution in [1.29, 1.82) is 0 Å². The van der Waals surface area contributed by atoms with E-state index < -0.39 is 6.04 Å². The number of aromatic nitrogens is 5. The fourth-order valence-electron chi connectivity index (χ4n) is 2.92. The first kappa shape index (κ1) is 17.5. The van der Waals surface area contributed by atoms with Gasteiger partial charge in [-0.25, -0.2) is 4.68 Å². The summed E-state index contributed by atoms with van der Waals surface area (Å²) in [5.41, 5.74) is 6.21. The van der Waals surface area contributed by atoms with Gasteiger partial charge in [0.25, 0.3) is 5.91 Å². The van der Waals surface area contributed by atoms with Crippen molar-refractivity contribution >= 4 is 5.91 Å². The van der Waals surface area contributed by atoms with Crippen molar-refractivity contribution in [2.24, 2.45) is 5.73 Å². The molecule has 1 atom stereocenters. The van der Waals surface area contributed by atoms with Crippen LogP contribution in [0.4, 0.5) is 0 Å². The van der Waals surface area contributed by atoms with Gasteiger partial charge in [0.05, 0.1) is 12.2 Å². The predicted molar refractivity (Wildman–Crippen MR) is 89.8 cm³/mol. The van der Waals surface area contributed by atoms with Crippen molar-refractivity contribution in [3.8, 4) is 0 Å². The summed E-state index contributed by atoms with van der Waals surface area (Å²) in [6.07, 6.45) is 5.55. The van der Waals surface area contributed by atoms with E-state index in [0.717, 1.165) is 25.7 Å². The Balaban J connectivity index is 1.61. The van der Waals surface area contributed by atoms with Gasteiger partial charge in [0.15, 0.2) is 11.5 Å². The van der Waals surface area contributed by atoms with Crippen LogP contribution in [-0.2, 0) is 0 Å². The van der Waals surface area contributed by atoms with Crippen LogP contribution in [-0.4, -0.2) is 37.1 Å². The highest BCUT2D eigenvalue weighted by atomic mass is 16.5. The first-order valence-corrected chi connectivity index (χ1v) is 8.75. The van der Waals surface area contributed by atoms with Gasteiger partial charge >= 0.3 is 0 Å². The molecule has 9 nitrogen and oxygen atoms in total. The van der Waals surface area contributed by atoms with Crippen LogP contribution >= 0.6 is 0 Å². The van der Waals surface area contributed by atoms with Gasteiger partial charge in [0, 0.05) is 12.0 Å². The van der Waals surface area contributed by atoms with E-state index in [2.05, 4.69) is 25.8 Å². The average molecular weight is 347 g/mol. The van der Waals surface area contributed by atoms with Crippen LogP contribution in [0, 0.1) is 0 Å². The summed E-state index contributed by atoms with van der Waals surface area (Å²) in [7, 11) is 0. The molecule has 3 N–H and O–H groups in total. The molecule has 136 valence electrons. The summed E-state index contributed by atoms with van der Waals surface area (Å²) in [5.74, 6) is 0.864. The van der Waals surface area contributed by atoms with Gasteiger partial charge in [-0.05, 0) is 32.6 Å². The molecule has 25 heavy (non-hydrogen) atoms. The van der Waals surface area contributed by atoms with Crippen LogP contribution in [0.1, 0.15) is 86.7 Å². The van der Waals surface area contributed by atoms with Gasteiger partial charge in [0.1, 0.15) is 6.04 Å². The van der Waals surface area contributed by atoms with Crippen molar-refractivity contribution in [3.63, 3.8) is 0 Å². The molecule has 1 unspecified atom stereocenters. The quantitative estimate of drug-likeness (QED) is 0.843. The molecule has 1 saturated carbocycles. The van der Waals surface area contributed by atoms with Crippen molar-refractivity contribution in [2.45, 2.75) is 70.5 Å². The van der Waals surface area contributed by atoms with E-state index in [9.17, 15) is 4.79 Å². The third-order valence-corrected chi connectivity index (χ3v) is 4.55. The average Bonchev–Trinajstić information content (AvgIpc) is 3.25. The van der Waals surface area contributed by atoms with Crippen LogP contribution in [0.25, 0.3) is 0 Å². The molecule has 9 heteroatoms. The summed E-state index contributed by atoms with van der Waals surface area (Å²) in [4.78, 5) is 16.7. The molecule has 0 spiro atoms. The second-order valence-electron chi connectivity index (χ2n) is 6.99.